The third-order valence-electron chi connectivity index (χ3n) is 9.23. The number of hydrogen-bond donors (Lipinski definition) is 0. The average Bonchev–Trinajstić information content (AvgIpc) is 3.08. The number of carbonyl (C=O) groups excluding carboxylic acids is 2. The van der Waals surface area contributed by atoms with Crippen molar-refractivity contribution < 1.29 is 14.3 Å². The quantitative estimate of drug-likeness (QED) is 0.465. The van der Waals surface area contributed by atoms with E-state index in [1.165, 1.54) is 12.0 Å². The van der Waals surface area contributed by atoms with Gasteiger partial charge in [-0.1, -0.05) is 32.0 Å². The molecule has 0 heterocycles. The van der Waals surface area contributed by atoms with Crippen LogP contribution in [0.5, 0.6) is 0 Å². The number of allylic oxidation sites excluding steroid dienone is 1. The van der Waals surface area contributed by atoms with Crippen LogP contribution in [0.1, 0.15) is 75.6 Å². The first-order valence-corrected chi connectivity index (χ1v) is 12.3. The average molecular weight is 471 g/mol. The number of fused-ring (bicyclic) bond motifs is 5. The minimum atomic E-state index is -0.180. The van der Waals surface area contributed by atoms with E-state index in [1.54, 1.807) is 0 Å². The number of ketones is 1. The van der Waals surface area contributed by atoms with Gasteiger partial charge in [0.2, 0.25) is 0 Å². The van der Waals surface area contributed by atoms with Gasteiger partial charge in [-0.05, 0) is 102 Å². The summed E-state index contributed by atoms with van der Waals surface area (Å²) in [5.74, 6) is 2.03. The molecule has 6 atom stereocenters. The minimum absolute atomic E-state index is 0.0144. The molecule has 3 saturated carbocycles. The fourth-order valence-electron chi connectivity index (χ4n) is 7.57. The lowest BCUT2D eigenvalue weighted by Gasteiger charge is -2.58. The Morgan fingerprint density at radius 3 is 2.53 bits per heavy atom. The summed E-state index contributed by atoms with van der Waals surface area (Å²) in [6.45, 7) is 4.79. The fourth-order valence-corrected chi connectivity index (χ4v) is 8.42. The maximum Gasteiger partial charge on any atom is 0.338 e. The van der Waals surface area contributed by atoms with Gasteiger partial charge < -0.3 is 4.74 Å². The molecule has 1 aromatic carbocycles. The van der Waals surface area contributed by atoms with Gasteiger partial charge in [0.15, 0.2) is 5.78 Å². The monoisotopic (exact) mass is 470 g/mol. The van der Waals surface area contributed by atoms with Gasteiger partial charge in [0, 0.05) is 11.8 Å². The lowest BCUT2D eigenvalue weighted by Crippen LogP contribution is -2.52. The third-order valence-corrected chi connectivity index (χ3v) is 10.1. The van der Waals surface area contributed by atoms with Crippen molar-refractivity contribution in [2.45, 2.75) is 71.3 Å². The number of benzene rings is 1. The molecule has 4 aliphatic carbocycles. The first-order valence-electron chi connectivity index (χ1n) is 11.5. The van der Waals surface area contributed by atoms with Gasteiger partial charge in [0.1, 0.15) is 6.10 Å². The molecular weight excluding hydrogens is 440 g/mol. The van der Waals surface area contributed by atoms with Crippen molar-refractivity contribution in [2.24, 2.45) is 28.6 Å². The van der Waals surface area contributed by atoms with Crippen molar-refractivity contribution >= 4 is 27.7 Å². The number of hydrogen-bond acceptors (Lipinski definition) is 3. The number of esters is 1. The lowest BCUT2D eigenvalue weighted by molar-refractivity contribution is -0.118. The van der Waals surface area contributed by atoms with Crippen LogP contribution in [-0.4, -0.2) is 17.9 Å². The van der Waals surface area contributed by atoms with E-state index in [1.807, 2.05) is 30.3 Å². The van der Waals surface area contributed by atoms with Crippen molar-refractivity contribution in [1.29, 1.82) is 0 Å². The van der Waals surface area contributed by atoms with Crippen LogP contribution in [0.15, 0.2) is 40.4 Å². The molecule has 0 unspecified atom stereocenters. The Bertz CT molecular complexity index is 906. The van der Waals surface area contributed by atoms with E-state index in [0.29, 0.717) is 29.7 Å². The highest BCUT2D eigenvalue weighted by Crippen LogP contribution is 2.66. The summed E-state index contributed by atoms with van der Waals surface area (Å²) in [4.78, 5) is 25.0. The molecule has 0 radical (unpaired) electrons. The molecule has 0 amide bonds. The Hall–Kier alpha value is -1.42. The Labute approximate surface area is 187 Å². The second-order valence-electron chi connectivity index (χ2n) is 10.4. The summed E-state index contributed by atoms with van der Waals surface area (Å²) in [6.07, 6.45) is 8.29. The summed E-state index contributed by atoms with van der Waals surface area (Å²) >= 11 is 3.65. The van der Waals surface area contributed by atoms with Crippen LogP contribution in [0.25, 0.3) is 0 Å². The molecule has 3 nitrogen and oxygen atoms in total. The third kappa shape index (κ3) is 2.97. The van der Waals surface area contributed by atoms with Crippen LogP contribution in [0.2, 0.25) is 0 Å². The molecule has 4 aliphatic rings. The molecule has 30 heavy (non-hydrogen) atoms. The van der Waals surface area contributed by atoms with Gasteiger partial charge in [-0.15, -0.1) is 0 Å². The van der Waals surface area contributed by atoms with Crippen LogP contribution in [0.3, 0.4) is 0 Å². The van der Waals surface area contributed by atoms with Crippen LogP contribution in [0, 0.1) is 28.6 Å². The molecule has 0 aromatic heterocycles. The second kappa shape index (κ2) is 7.32. The van der Waals surface area contributed by atoms with Gasteiger partial charge >= 0.3 is 5.97 Å². The zero-order chi connectivity index (χ0) is 21.1. The molecule has 0 bridgehead atoms. The van der Waals surface area contributed by atoms with Crippen LogP contribution in [0.4, 0.5) is 0 Å². The number of rotatable bonds is 2. The Kier molecular flexibility index (Phi) is 5.00. The largest absolute Gasteiger partial charge is 0.458 e. The number of carbonyl (C=O) groups is 2. The summed E-state index contributed by atoms with van der Waals surface area (Å²) in [5, 5.41) is 0. The Morgan fingerprint density at radius 2 is 1.77 bits per heavy atom. The van der Waals surface area contributed by atoms with Crippen molar-refractivity contribution in [2.75, 3.05) is 0 Å². The zero-order valence-corrected chi connectivity index (χ0v) is 19.5. The van der Waals surface area contributed by atoms with Crippen LogP contribution < -0.4 is 0 Å². The standard InChI is InChI=1S/C26H31BrO3/c1-25-15-13-21(28)23(27)20(25)9-8-17-18-10-11-22(26(18,2)14-12-19(17)25)30-24(29)16-6-4-3-5-7-16/h3-7,17-19,22H,8-15H2,1-2H3/t17-,18-,19-,22-,25+,26-/m0/s1. The van der Waals surface area contributed by atoms with E-state index >= 15 is 0 Å². The smallest absolute Gasteiger partial charge is 0.338 e. The highest BCUT2D eigenvalue weighted by atomic mass is 79.9. The first kappa shape index (κ1) is 20.5. The Balaban J connectivity index is 1.38. The Morgan fingerprint density at radius 1 is 1.00 bits per heavy atom. The normalized spacial score (nSPS) is 40.4. The predicted octanol–water partition coefficient (Wildman–Crippen LogP) is 6.47. The number of ether oxygens (including phenoxy) is 1. The van der Waals surface area contributed by atoms with Crippen LogP contribution >= 0.6 is 15.9 Å². The topological polar surface area (TPSA) is 43.4 Å². The van der Waals surface area contributed by atoms with E-state index in [-0.39, 0.29) is 28.7 Å². The fraction of sp³-hybridized carbons (Fsp3) is 0.615. The summed E-state index contributed by atoms with van der Waals surface area (Å²) < 4.78 is 6.99. The molecule has 160 valence electrons. The molecular formula is C26H31BrO3. The van der Waals surface area contributed by atoms with E-state index in [4.69, 9.17) is 4.74 Å². The first-order chi connectivity index (χ1) is 14.3. The molecule has 3 fully saturated rings. The summed E-state index contributed by atoms with van der Waals surface area (Å²) in [6, 6.07) is 9.39. The molecule has 0 spiro atoms. The van der Waals surface area contributed by atoms with Gasteiger partial charge in [-0.3, -0.25) is 4.79 Å². The van der Waals surface area contributed by atoms with Gasteiger partial charge in [-0.2, -0.15) is 0 Å². The molecule has 5 rings (SSSR count). The summed E-state index contributed by atoms with van der Waals surface area (Å²) in [5.41, 5.74) is 2.25. The SMILES string of the molecule is C[C@]12CC[C@H]3[C@@H](CCC4=C(Br)C(=O)CC[C@@]43C)[C@@H]1CC[C@@H]2OC(=O)c1ccccc1. The van der Waals surface area contributed by atoms with Crippen molar-refractivity contribution in [3.05, 3.63) is 46.0 Å². The lowest BCUT2D eigenvalue weighted by atomic mass is 9.47. The van der Waals surface area contributed by atoms with Crippen molar-refractivity contribution in [1.82, 2.24) is 0 Å². The maximum atomic E-state index is 12.7. The van der Waals surface area contributed by atoms with Gasteiger partial charge in [0.25, 0.3) is 0 Å². The van der Waals surface area contributed by atoms with Crippen molar-refractivity contribution in [3.63, 3.8) is 0 Å². The highest BCUT2D eigenvalue weighted by Gasteiger charge is 2.60. The summed E-state index contributed by atoms with van der Waals surface area (Å²) in [7, 11) is 0. The van der Waals surface area contributed by atoms with Gasteiger partial charge in [0.05, 0.1) is 10.0 Å². The zero-order valence-electron chi connectivity index (χ0n) is 18.0. The number of halogens is 1. The molecule has 0 aliphatic heterocycles. The second-order valence-corrected chi connectivity index (χ2v) is 11.2. The maximum absolute atomic E-state index is 12.7. The highest BCUT2D eigenvalue weighted by molar-refractivity contribution is 9.12. The van der Waals surface area contributed by atoms with Crippen molar-refractivity contribution in [3.8, 4) is 0 Å². The predicted molar refractivity (Wildman–Crippen MR) is 120 cm³/mol. The van der Waals surface area contributed by atoms with E-state index < -0.39 is 0 Å². The van der Waals surface area contributed by atoms with Crippen LogP contribution in [-0.2, 0) is 9.53 Å². The molecule has 4 heteroatoms. The van der Waals surface area contributed by atoms with E-state index in [2.05, 4.69) is 29.8 Å². The molecule has 0 N–H and O–H groups in total. The van der Waals surface area contributed by atoms with Gasteiger partial charge in [-0.25, -0.2) is 4.79 Å². The van der Waals surface area contributed by atoms with E-state index in [9.17, 15) is 9.59 Å². The minimum Gasteiger partial charge on any atom is -0.458 e. The number of Topliss-reactive ketones (excluding diaryl/α,β-unsaturated/α-hetero) is 1. The molecule has 0 saturated heterocycles. The van der Waals surface area contributed by atoms with E-state index in [0.717, 1.165) is 43.0 Å². The molecule has 1 aromatic rings.